The van der Waals surface area contributed by atoms with Gasteiger partial charge in [0, 0.05) is 32.5 Å². The summed E-state index contributed by atoms with van der Waals surface area (Å²) < 4.78 is 0. The number of carboxylic acids is 3. The number of carbonyl (C=O) groups is 11. The van der Waals surface area contributed by atoms with Crippen molar-refractivity contribution in [2.75, 3.05) is 26.2 Å². The van der Waals surface area contributed by atoms with Gasteiger partial charge >= 0.3 is 17.9 Å². The van der Waals surface area contributed by atoms with Crippen LogP contribution in [0.15, 0.2) is 29.3 Å². The summed E-state index contributed by atoms with van der Waals surface area (Å²) in [6, 6.07) is -4.33. The summed E-state index contributed by atoms with van der Waals surface area (Å²) in [5.41, 5.74) is 17.7. The first kappa shape index (κ1) is 61.7. The van der Waals surface area contributed by atoms with E-state index in [0.717, 1.165) is 4.90 Å². The largest absolute Gasteiger partial charge is 0.508 e. The average Bonchev–Trinajstić information content (AvgIpc) is 4.04. The number of nitrogens with zero attached hydrogens (tertiary/aromatic N) is 3. The normalized spacial score (nSPS) is 17.6. The van der Waals surface area contributed by atoms with Crippen LogP contribution in [0.1, 0.15) is 104 Å². The fraction of sp³-hybridized carbons (Fsp3) is 0.625. The molecule has 8 atom stereocenters. The molecule has 0 saturated carbocycles. The smallest absolute Gasteiger partial charge is 0.326 e. The van der Waals surface area contributed by atoms with E-state index in [1.807, 2.05) is 13.8 Å². The van der Waals surface area contributed by atoms with Crippen molar-refractivity contribution in [1.82, 2.24) is 41.7 Å². The molecule has 27 heteroatoms. The molecule has 75 heavy (non-hydrogen) atoms. The summed E-state index contributed by atoms with van der Waals surface area (Å²) in [6.07, 6.45) is -1.12. The molecule has 2 heterocycles. The lowest BCUT2D eigenvalue weighted by molar-refractivity contribution is -0.146. The summed E-state index contributed by atoms with van der Waals surface area (Å²) in [5.74, 6) is -11.3. The molecule has 0 unspecified atom stereocenters. The molecule has 3 rings (SSSR count). The second-order valence-corrected chi connectivity index (χ2v) is 19.4. The predicted octanol–water partition coefficient (Wildman–Crippen LogP) is -2.65. The minimum absolute atomic E-state index is 0.00343. The van der Waals surface area contributed by atoms with Gasteiger partial charge in [0.15, 0.2) is 5.96 Å². The molecule has 416 valence electrons. The van der Waals surface area contributed by atoms with E-state index in [-0.39, 0.29) is 82.2 Å². The van der Waals surface area contributed by atoms with Crippen LogP contribution < -0.4 is 49.1 Å². The van der Waals surface area contributed by atoms with Crippen molar-refractivity contribution >= 4 is 71.1 Å². The van der Waals surface area contributed by atoms with E-state index in [4.69, 9.17) is 17.2 Å². The van der Waals surface area contributed by atoms with Crippen LogP contribution in [0.3, 0.4) is 0 Å². The number of nitrogens with one attached hydrogen (secondary N) is 6. The maximum Gasteiger partial charge on any atom is 0.326 e. The Hall–Kier alpha value is -7.58. The van der Waals surface area contributed by atoms with Gasteiger partial charge in [0.05, 0.1) is 12.6 Å². The van der Waals surface area contributed by atoms with E-state index >= 15 is 0 Å². The number of hydrogen-bond donors (Lipinski definition) is 13. The Balaban J connectivity index is 1.79. The molecule has 2 fully saturated rings. The van der Waals surface area contributed by atoms with Gasteiger partial charge in [-0.05, 0) is 93.7 Å². The van der Waals surface area contributed by atoms with Crippen molar-refractivity contribution < 1.29 is 73.2 Å². The van der Waals surface area contributed by atoms with Crippen LogP contribution in [0, 0.1) is 11.8 Å². The number of benzene rings is 1. The summed E-state index contributed by atoms with van der Waals surface area (Å²) in [7, 11) is 0. The minimum Gasteiger partial charge on any atom is -0.508 e. The Morgan fingerprint density at radius 3 is 1.69 bits per heavy atom. The minimum atomic E-state index is -1.65. The first-order valence-electron chi connectivity index (χ1n) is 24.9. The molecule has 1 aromatic carbocycles. The van der Waals surface area contributed by atoms with Gasteiger partial charge in [-0.2, -0.15) is 0 Å². The number of nitrogens with two attached hydrogens (primary N) is 3. The SMILES string of the molecule is CC(C)C[C@H](NC(=O)[C@@H](N)Cc1ccc(O)cc1)C(=O)NCC(=O)N[C@@H](CCCN=C(N)N)C(=O)N1CCC[C@H]1C(=O)N[C@@H](CCC(=O)O)C(=O)N[C@@H](CCC(=O)O)C(=O)N1CCC[C@H]1C(=O)N[C@H](C(=O)O)C(C)C. The molecule has 0 spiro atoms. The number of guanidine groups is 1. The molecule has 27 nitrogen and oxygen atoms in total. The van der Waals surface area contributed by atoms with E-state index < -0.39 is 152 Å². The van der Waals surface area contributed by atoms with Crippen LogP contribution in [0.5, 0.6) is 5.75 Å². The van der Waals surface area contributed by atoms with Gasteiger partial charge in [0.2, 0.25) is 47.3 Å². The Labute approximate surface area is 433 Å². The summed E-state index contributed by atoms with van der Waals surface area (Å²) in [6.45, 7) is 6.20. The Kier molecular flexibility index (Phi) is 24.6. The van der Waals surface area contributed by atoms with Gasteiger partial charge in [0.1, 0.15) is 48.0 Å². The van der Waals surface area contributed by atoms with Crippen molar-refractivity contribution in [1.29, 1.82) is 0 Å². The number of phenols is 1. The fourth-order valence-corrected chi connectivity index (χ4v) is 8.63. The van der Waals surface area contributed by atoms with E-state index in [9.17, 15) is 73.2 Å². The lowest BCUT2D eigenvalue weighted by atomic mass is 10.0. The maximum absolute atomic E-state index is 14.3. The number of amides is 8. The van der Waals surface area contributed by atoms with Gasteiger partial charge in [-0.3, -0.25) is 52.9 Å². The highest BCUT2D eigenvalue weighted by atomic mass is 16.4. The highest BCUT2D eigenvalue weighted by Crippen LogP contribution is 2.23. The molecule has 2 aliphatic rings. The van der Waals surface area contributed by atoms with Gasteiger partial charge < -0.3 is 79.3 Å². The Bertz CT molecular complexity index is 2240. The molecule has 0 bridgehead atoms. The highest BCUT2D eigenvalue weighted by molar-refractivity contribution is 5.98. The van der Waals surface area contributed by atoms with Crippen LogP contribution in [0.2, 0.25) is 0 Å². The number of hydrogen-bond acceptors (Lipinski definition) is 14. The van der Waals surface area contributed by atoms with E-state index in [1.54, 1.807) is 26.0 Å². The van der Waals surface area contributed by atoms with Gasteiger partial charge in [-0.15, -0.1) is 0 Å². The molecular weight excluding hydrogens is 985 g/mol. The van der Waals surface area contributed by atoms with Crippen LogP contribution in [0.4, 0.5) is 0 Å². The molecule has 0 aliphatic carbocycles. The van der Waals surface area contributed by atoms with Crippen molar-refractivity contribution in [2.45, 2.75) is 153 Å². The van der Waals surface area contributed by atoms with Gasteiger partial charge in [-0.1, -0.05) is 39.8 Å². The van der Waals surface area contributed by atoms with Crippen molar-refractivity contribution in [3.63, 3.8) is 0 Å². The second-order valence-electron chi connectivity index (χ2n) is 19.4. The zero-order valence-electron chi connectivity index (χ0n) is 42.7. The van der Waals surface area contributed by atoms with Crippen molar-refractivity contribution in [3.8, 4) is 5.75 Å². The third-order valence-electron chi connectivity index (χ3n) is 12.5. The van der Waals surface area contributed by atoms with Crippen molar-refractivity contribution in [2.24, 2.45) is 34.0 Å². The number of aliphatic carboxylic acids is 3. The Morgan fingerprint density at radius 2 is 1.19 bits per heavy atom. The predicted molar refractivity (Wildman–Crippen MR) is 267 cm³/mol. The number of carbonyl (C=O) groups excluding carboxylic acids is 8. The lowest BCUT2D eigenvalue weighted by Crippen LogP contribution is -2.59. The maximum atomic E-state index is 14.3. The molecule has 0 aromatic heterocycles. The van der Waals surface area contributed by atoms with Crippen LogP contribution in [-0.2, 0) is 59.2 Å². The van der Waals surface area contributed by atoms with Crippen molar-refractivity contribution in [3.05, 3.63) is 29.8 Å². The van der Waals surface area contributed by atoms with Crippen LogP contribution in [-0.4, -0.2) is 176 Å². The lowest BCUT2D eigenvalue weighted by Gasteiger charge is -2.31. The first-order valence-corrected chi connectivity index (χ1v) is 24.9. The summed E-state index contributed by atoms with van der Waals surface area (Å²) >= 11 is 0. The van der Waals surface area contributed by atoms with Crippen LogP contribution in [0.25, 0.3) is 0 Å². The quantitative estimate of drug-likeness (QED) is 0.0213. The third-order valence-corrected chi connectivity index (χ3v) is 12.5. The molecule has 2 aliphatic heterocycles. The van der Waals surface area contributed by atoms with Gasteiger partial charge in [0.25, 0.3) is 0 Å². The topological polar surface area (TPSA) is 438 Å². The second kappa shape index (κ2) is 30.0. The van der Waals surface area contributed by atoms with E-state index in [1.165, 1.54) is 17.0 Å². The number of carboxylic acid groups (broad SMARTS) is 3. The molecular formula is C48H74N12O15. The molecule has 0 radical (unpaired) electrons. The number of aromatic hydroxyl groups is 1. The average molecular weight is 1060 g/mol. The highest BCUT2D eigenvalue weighted by Gasteiger charge is 2.42. The van der Waals surface area contributed by atoms with Gasteiger partial charge in [-0.25, -0.2) is 4.79 Å². The number of rotatable bonds is 30. The first-order chi connectivity index (χ1) is 35.3. The number of phenolic OH excluding ortho intramolecular Hbond substituents is 1. The zero-order chi connectivity index (χ0) is 56.1. The zero-order valence-corrected chi connectivity index (χ0v) is 42.7. The standard InChI is InChI=1S/C48H74N12O15/c1-25(2)22-33(57-40(67)29(49)23-27-11-13-28(61)14-12-27)41(68)53-24-36(62)54-31(8-5-19-52-48(50)51)45(72)59-20-6-9-34(59)43(70)55-30(15-17-37(63)64)42(69)56-32(16-18-38(65)66)46(73)60-21-7-10-35(60)44(71)58-39(26(3)4)47(74)75/h11-14,25-26,29-35,39,61H,5-10,15-24,49H2,1-4H3,(H,53,68)(H,54,62)(H,55,70)(H,56,69)(H,57,67)(H,58,71)(H,63,64)(H,65,66)(H,74,75)(H4,50,51,52)/t29-,30-,31-,32-,33-,34-,35-,39-/m0/s1. The number of aliphatic imine (C=N–C) groups is 1. The van der Waals surface area contributed by atoms with Crippen LogP contribution >= 0.6 is 0 Å². The van der Waals surface area contributed by atoms with E-state index in [0.29, 0.717) is 12.0 Å². The summed E-state index contributed by atoms with van der Waals surface area (Å²) in [4.78, 5) is 151. The monoisotopic (exact) mass is 1060 g/mol. The Morgan fingerprint density at radius 1 is 0.667 bits per heavy atom. The summed E-state index contributed by atoms with van der Waals surface area (Å²) in [5, 5.41) is 53.3. The third kappa shape index (κ3) is 20.3. The number of likely N-dealkylation sites (tertiary alicyclic amines) is 2. The molecule has 8 amide bonds. The molecule has 2 saturated heterocycles. The van der Waals surface area contributed by atoms with E-state index in [2.05, 4.69) is 36.9 Å². The molecule has 1 aromatic rings. The molecule has 16 N–H and O–H groups in total. The fourth-order valence-electron chi connectivity index (χ4n) is 8.63.